The Morgan fingerprint density at radius 1 is 1.18 bits per heavy atom. The highest BCUT2D eigenvalue weighted by Crippen LogP contribution is 2.37. The van der Waals surface area contributed by atoms with E-state index in [1.165, 1.54) is 6.07 Å². The lowest BCUT2D eigenvalue weighted by atomic mass is 10.0. The number of carbonyl (C=O) groups excluding carboxylic acids is 1. The maximum atomic E-state index is 13.7. The maximum absolute atomic E-state index is 13.7. The molecule has 0 spiro atoms. The van der Waals surface area contributed by atoms with Gasteiger partial charge in [-0.05, 0) is 12.1 Å². The van der Waals surface area contributed by atoms with E-state index in [2.05, 4.69) is 15.0 Å². The van der Waals surface area contributed by atoms with E-state index in [4.69, 9.17) is 19.9 Å². The Balaban J connectivity index is 1.63. The minimum atomic E-state index is -4.65. The van der Waals surface area contributed by atoms with Gasteiger partial charge in [-0.2, -0.15) is 13.2 Å². The van der Waals surface area contributed by atoms with Crippen LogP contribution in [0, 0.1) is 0 Å². The highest BCUT2D eigenvalue weighted by molar-refractivity contribution is 5.70. The SMILES string of the molecule is Nc1cc(C(F)(F)F)c(-c2cc(CCC(=O)OC3CCOC3)nc(N3CCOCC3)n2)cn1. The molecule has 0 aromatic carbocycles. The Morgan fingerprint density at radius 3 is 2.67 bits per heavy atom. The molecule has 0 bridgehead atoms. The number of carbonyl (C=O) groups is 1. The number of aryl methyl sites for hydroxylation is 1. The van der Waals surface area contributed by atoms with Crippen LogP contribution >= 0.6 is 0 Å². The molecule has 0 saturated carbocycles. The summed E-state index contributed by atoms with van der Waals surface area (Å²) in [7, 11) is 0. The number of alkyl halides is 3. The minimum absolute atomic E-state index is 0.0294. The molecule has 2 N–H and O–H groups in total. The number of hydrogen-bond acceptors (Lipinski definition) is 9. The van der Waals surface area contributed by atoms with E-state index in [1.54, 1.807) is 0 Å². The zero-order chi connectivity index (χ0) is 23.4. The highest BCUT2D eigenvalue weighted by atomic mass is 19.4. The number of esters is 1. The Kier molecular flexibility index (Phi) is 6.94. The number of nitrogens with zero attached hydrogens (tertiary/aromatic N) is 4. The van der Waals surface area contributed by atoms with Gasteiger partial charge in [-0.15, -0.1) is 0 Å². The molecular weight excluding hydrogens is 443 g/mol. The molecule has 0 aliphatic carbocycles. The standard InChI is InChI=1S/C21H24F3N5O4/c22-21(23,24)16-10-18(25)26-11-15(16)17-9-13(1-2-19(30)33-14-3-6-32-12-14)27-20(28-17)29-4-7-31-8-5-29/h9-11,14H,1-8,12H2,(H2,25,26). The van der Waals surface area contributed by atoms with Crippen molar-refractivity contribution in [3.05, 3.63) is 29.6 Å². The molecule has 0 radical (unpaired) electrons. The Bertz CT molecular complexity index is 992. The van der Waals surface area contributed by atoms with Crippen LogP contribution in [0.5, 0.6) is 0 Å². The van der Waals surface area contributed by atoms with Gasteiger partial charge in [-0.3, -0.25) is 4.79 Å². The molecule has 2 saturated heterocycles. The number of hydrogen-bond donors (Lipinski definition) is 1. The van der Waals surface area contributed by atoms with E-state index in [0.29, 0.717) is 51.6 Å². The number of nitrogens with two attached hydrogens (primary N) is 1. The molecule has 2 aliphatic heterocycles. The second kappa shape index (κ2) is 9.87. The normalized spacial score (nSPS) is 19.0. The van der Waals surface area contributed by atoms with Gasteiger partial charge in [-0.25, -0.2) is 15.0 Å². The first kappa shape index (κ1) is 23.2. The van der Waals surface area contributed by atoms with Crippen molar-refractivity contribution in [1.29, 1.82) is 0 Å². The smallest absolute Gasteiger partial charge is 0.417 e. The van der Waals surface area contributed by atoms with Crippen LogP contribution in [0.25, 0.3) is 11.3 Å². The molecule has 12 heteroatoms. The molecule has 4 heterocycles. The molecule has 1 unspecified atom stereocenters. The molecule has 33 heavy (non-hydrogen) atoms. The minimum Gasteiger partial charge on any atom is -0.460 e. The van der Waals surface area contributed by atoms with E-state index in [1.807, 2.05) is 4.90 Å². The summed E-state index contributed by atoms with van der Waals surface area (Å²) in [4.78, 5) is 26.8. The highest BCUT2D eigenvalue weighted by Gasteiger charge is 2.35. The van der Waals surface area contributed by atoms with Crippen molar-refractivity contribution in [3.63, 3.8) is 0 Å². The Hall–Kier alpha value is -2.99. The van der Waals surface area contributed by atoms with Crippen LogP contribution in [0.1, 0.15) is 24.1 Å². The summed E-state index contributed by atoms with van der Waals surface area (Å²) in [6, 6.07) is 2.23. The summed E-state index contributed by atoms with van der Waals surface area (Å²) in [5.41, 5.74) is 4.83. The molecule has 0 amide bonds. The van der Waals surface area contributed by atoms with E-state index in [9.17, 15) is 18.0 Å². The largest absolute Gasteiger partial charge is 0.460 e. The fraction of sp³-hybridized carbons (Fsp3) is 0.524. The van der Waals surface area contributed by atoms with Gasteiger partial charge < -0.3 is 24.8 Å². The quantitative estimate of drug-likeness (QED) is 0.639. The summed E-state index contributed by atoms with van der Waals surface area (Å²) in [6.45, 7) is 2.82. The molecule has 2 aromatic rings. The fourth-order valence-electron chi connectivity index (χ4n) is 3.65. The van der Waals surface area contributed by atoms with Gasteiger partial charge in [-0.1, -0.05) is 0 Å². The van der Waals surface area contributed by atoms with Gasteiger partial charge >= 0.3 is 12.1 Å². The predicted molar refractivity (Wildman–Crippen MR) is 111 cm³/mol. The molecular formula is C21H24F3N5O4. The summed E-state index contributed by atoms with van der Waals surface area (Å²) >= 11 is 0. The third-order valence-corrected chi connectivity index (χ3v) is 5.34. The molecule has 178 valence electrons. The number of rotatable bonds is 6. The lowest BCUT2D eigenvalue weighted by Crippen LogP contribution is -2.37. The zero-order valence-electron chi connectivity index (χ0n) is 17.8. The summed E-state index contributed by atoms with van der Waals surface area (Å²) in [6.07, 6.45) is -3.00. The van der Waals surface area contributed by atoms with Crippen LogP contribution in [0.3, 0.4) is 0 Å². The van der Waals surface area contributed by atoms with Crippen LogP contribution in [0.4, 0.5) is 24.9 Å². The second-order valence-corrected chi connectivity index (χ2v) is 7.77. The first-order valence-electron chi connectivity index (χ1n) is 10.6. The van der Waals surface area contributed by atoms with E-state index < -0.39 is 17.7 Å². The average Bonchev–Trinajstić information content (AvgIpc) is 3.30. The molecule has 2 aliphatic rings. The van der Waals surface area contributed by atoms with Crippen LogP contribution in [-0.4, -0.2) is 66.5 Å². The van der Waals surface area contributed by atoms with E-state index >= 15 is 0 Å². The van der Waals surface area contributed by atoms with Crippen molar-refractivity contribution in [3.8, 4) is 11.3 Å². The molecule has 4 rings (SSSR count). The number of aromatic nitrogens is 3. The van der Waals surface area contributed by atoms with Crippen LogP contribution < -0.4 is 10.6 Å². The van der Waals surface area contributed by atoms with Crippen molar-refractivity contribution in [2.75, 3.05) is 50.2 Å². The van der Waals surface area contributed by atoms with Gasteiger partial charge in [0.1, 0.15) is 11.9 Å². The number of nitrogen functional groups attached to an aromatic ring is 1. The van der Waals surface area contributed by atoms with Gasteiger partial charge in [0.05, 0.1) is 44.1 Å². The topological polar surface area (TPSA) is 113 Å². The number of pyridine rings is 1. The average molecular weight is 467 g/mol. The first-order valence-corrected chi connectivity index (χ1v) is 10.6. The van der Waals surface area contributed by atoms with Crippen molar-refractivity contribution in [1.82, 2.24) is 15.0 Å². The van der Waals surface area contributed by atoms with Crippen molar-refractivity contribution in [2.24, 2.45) is 0 Å². The van der Waals surface area contributed by atoms with Crippen molar-refractivity contribution < 1.29 is 32.2 Å². The monoisotopic (exact) mass is 467 g/mol. The molecule has 2 aromatic heterocycles. The zero-order valence-corrected chi connectivity index (χ0v) is 17.8. The van der Waals surface area contributed by atoms with Gasteiger partial charge in [0, 0.05) is 43.4 Å². The predicted octanol–water partition coefficient (Wildman–Crippen LogP) is 2.24. The number of ether oxygens (including phenoxy) is 3. The Morgan fingerprint density at radius 2 is 1.97 bits per heavy atom. The second-order valence-electron chi connectivity index (χ2n) is 7.77. The lowest BCUT2D eigenvalue weighted by Gasteiger charge is -2.27. The summed E-state index contributed by atoms with van der Waals surface area (Å²) in [5, 5.41) is 0. The number of morpholine rings is 1. The van der Waals surface area contributed by atoms with Crippen molar-refractivity contribution in [2.45, 2.75) is 31.5 Å². The molecule has 1 atom stereocenters. The summed E-state index contributed by atoms with van der Waals surface area (Å²) in [5.74, 6) is -0.385. The number of anilines is 2. The van der Waals surface area contributed by atoms with Gasteiger partial charge in [0.2, 0.25) is 5.95 Å². The van der Waals surface area contributed by atoms with Crippen LogP contribution in [-0.2, 0) is 31.6 Å². The number of halogens is 3. The fourth-order valence-corrected chi connectivity index (χ4v) is 3.65. The van der Waals surface area contributed by atoms with Crippen molar-refractivity contribution >= 4 is 17.7 Å². The van der Waals surface area contributed by atoms with Crippen LogP contribution in [0.15, 0.2) is 18.3 Å². The van der Waals surface area contributed by atoms with Gasteiger partial charge in [0.15, 0.2) is 0 Å². The van der Waals surface area contributed by atoms with E-state index in [0.717, 1.165) is 12.3 Å². The van der Waals surface area contributed by atoms with Gasteiger partial charge in [0.25, 0.3) is 0 Å². The van der Waals surface area contributed by atoms with E-state index in [-0.39, 0.29) is 42.0 Å². The lowest BCUT2D eigenvalue weighted by molar-refractivity contribution is -0.149. The third-order valence-electron chi connectivity index (χ3n) is 5.34. The molecule has 2 fully saturated rings. The maximum Gasteiger partial charge on any atom is 0.417 e. The Labute approximate surface area is 188 Å². The first-order chi connectivity index (χ1) is 15.8. The third kappa shape index (κ3) is 5.88. The molecule has 9 nitrogen and oxygen atoms in total. The van der Waals surface area contributed by atoms with Crippen LogP contribution in [0.2, 0.25) is 0 Å². The summed E-state index contributed by atoms with van der Waals surface area (Å²) < 4.78 is 57.0.